The Morgan fingerprint density at radius 2 is 1.91 bits per heavy atom. The number of aliphatic hydroxyl groups is 1. The Labute approximate surface area is 130 Å². The van der Waals surface area contributed by atoms with Crippen molar-refractivity contribution >= 4 is 5.91 Å². The Morgan fingerprint density at radius 3 is 2.55 bits per heavy atom. The van der Waals surface area contributed by atoms with Gasteiger partial charge in [-0.1, -0.05) is 36.4 Å². The van der Waals surface area contributed by atoms with Gasteiger partial charge < -0.3 is 15.5 Å². The molecule has 1 amide bonds. The van der Waals surface area contributed by atoms with Crippen molar-refractivity contribution in [3.8, 4) is 5.75 Å². The van der Waals surface area contributed by atoms with Gasteiger partial charge in [-0.05, 0) is 36.6 Å². The summed E-state index contributed by atoms with van der Waals surface area (Å²) in [4.78, 5) is 12.2. The molecule has 22 heavy (non-hydrogen) atoms. The number of aliphatic hydroxyl groups excluding tert-OH is 1. The summed E-state index contributed by atoms with van der Waals surface area (Å²) in [5, 5.41) is 21.7. The number of amides is 1. The summed E-state index contributed by atoms with van der Waals surface area (Å²) in [5.41, 5.74) is 2.25. The summed E-state index contributed by atoms with van der Waals surface area (Å²) in [6, 6.07) is 14.7. The van der Waals surface area contributed by atoms with Gasteiger partial charge in [0.1, 0.15) is 5.75 Å². The van der Waals surface area contributed by atoms with Gasteiger partial charge in [-0.3, -0.25) is 4.79 Å². The van der Waals surface area contributed by atoms with Gasteiger partial charge in [-0.15, -0.1) is 0 Å². The van der Waals surface area contributed by atoms with Gasteiger partial charge in [0.25, 0.3) is 5.91 Å². The van der Waals surface area contributed by atoms with Crippen LogP contribution in [0, 0.1) is 6.92 Å². The number of aryl methyl sites for hydroxylation is 1. The summed E-state index contributed by atoms with van der Waals surface area (Å²) in [7, 11) is 0. The molecule has 0 saturated heterocycles. The zero-order chi connectivity index (χ0) is 15.9. The molecule has 0 unspecified atom stereocenters. The fourth-order valence-electron chi connectivity index (χ4n) is 2.34. The van der Waals surface area contributed by atoms with Crippen molar-refractivity contribution < 1.29 is 15.0 Å². The average Bonchev–Trinajstić information content (AvgIpc) is 2.54. The summed E-state index contributed by atoms with van der Waals surface area (Å²) < 4.78 is 0. The van der Waals surface area contributed by atoms with Crippen molar-refractivity contribution in [1.29, 1.82) is 0 Å². The third kappa shape index (κ3) is 4.09. The Morgan fingerprint density at radius 1 is 1.18 bits per heavy atom. The van der Waals surface area contributed by atoms with Crippen molar-refractivity contribution in [2.75, 3.05) is 13.2 Å². The maximum atomic E-state index is 12.2. The highest BCUT2D eigenvalue weighted by Crippen LogP contribution is 2.20. The minimum Gasteiger partial charge on any atom is -0.508 e. The number of nitrogens with one attached hydrogen (secondary N) is 1. The quantitative estimate of drug-likeness (QED) is 0.768. The maximum Gasteiger partial charge on any atom is 0.251 e. The lowest BCUT2D eigenvalue weighted by atomic mass is 9.96. The molecule has 0 heterocycles. The van der Waals surface area contributed by atoms with Crippen LogP contribution in [-0.4, -0.2) is 29.3 Å². The van der Waals surface area contributed by atoms with E-state index in [9.17, 15) is 15.0 Å². The third-order valence-corrected chi connectivity index (χ3v) is 3.73. The lowest BCUT2D eigenvalue weighted by Gasteiger charge is -2.17. The van der Waals surface area contributed by atoms with Gasteiger partial charge in [0.05, 0.1) is 0 Å². The highest BCUT2D eigenvalue weighted by atomic mass is 16.3. The molecule has 2 aromatic carbocycles. The van der Waals surface area contributed by atoms with Crippen molar-refractivity contribution in [2.24, 2.45) is 0 Å². The molecule has 0 aliphatic carbocycles. The zero-order valence-corrected chi connectivity index (χ0v) is 12.6. The maximum absolute atomic E-state index is 12.2. The van der Waals surface area contributed by atoms with Crippen molar-refractivity contribution in [1.82, 2.24) is 5.32 Å². The molecule has 0 spiro atoms. The number of carbonyl (C=O) groups is 1. The smallest absolute Gasteiger partial charge is 0.251 e. The number of rotatable bonds is 6. The molecule has 0 radical (unpaired) electrons. The molecule has 0 fully saturated rings. The minimum absolute atomic E-state index is 0.0641. The van der Waals surface area contributed by atoms with Crippen LogP contribution in [0.1, 0.15) is 33.8 Å². The first-order valence-corrected chi connectivity index (χ1v) is 7.35. The molecule has 0 bridgehead atoms. The highest BCUT2D eigenvalue weighted by molar-refractivity contribution is 5.94. The fourth-order valence-corrected chi connectivity index (χ4v) is 2.34. The van der Waals surface area contributed by atoms with Crippen molar-refractivity contribution in [3.05, 3.63) is 65.2 Å². The van der Waals surface area contributed by atoms with Crippen LogP contribution in [0.25, 0.3) is 0 Å². The second kappa shape index (κ2) is 7.61. The number of carbonyl (C=O) groups excluding carboxylic acids is 1. The van der Waals surface area contributed by atoms with Crippen molar-refractivity contribution in [2.45, 2.75) is 19.3 Å². The largest absolute Gasteiger partial charge is 0.508 e. The monoisotopic (exact) mass is 299 g/mol. The predicted octanol–water partition coefficient (Wildman–Crippen LogP) is 2.60. The molecule has 0 saturated carbocycles. The Bertz CT molecular complexity index is 625. The van der Waals surface area contributed by atoms with E-state index in [2.05, 4.69) is 5.32 Å². The Hall–Kier alpha value is -2.33. The van der Waals surface area contributed by atoms with E-state index in [1.54, 1.807) is 19.1 Å². The Kier molecular flexibility index (Phi) is 5.55. The number of phenolic OH excluding ortho intramolecular Hbond substituents is 1. The topological polar surface area (TPSA) is 69.6 Å². The van der Waals surface area contributed by atoms with Crippen LogP contribution >= 0.6 is 0 Å². The molecule has 3 N–H and O–H groups in total. The molecule has 116 valence electrons. The van der Waals surface area contributed by atoms with E-state index < -0.39 is 0 Å². The lowest BCUT2D eigenvalue weighted by Crippen LogP contribution is -2.28. The second-order valence-electron chi connectivity index (χ2n) is 5.33. The third-order valence-electron chi connectivity index (χ3n) is 3.73. The van der Waals surface area contributed by atoms with E-state index in [0.29, 0.717) is 18.5 Å². The molecular formula is C18H21NO3. The van der Waals surface area contributed by atoms with Crippen LogP contribution in [-0.2, 0) is 0 Å². The van der Waals surface area contributed by atoms with Gasteiger partial charge in [-0.25, -0.2) is 0 Å². The molecule has 4 nitrogen and oxygen atoms in total. The molecule has 1 atom stereocenters. The Balaban J connectivity index is 2.02. The predicted molar refractivity (Wildman–Crippen MR) is 86.1 cm³/mol. The first-order valence-electron chi connectivity index (χ1n) is 7.35. The number of phenols is 1. The van der Waals surface area contributed by atoms with E-state index in [-0.39, 0.29) is 24.2 Å². The van der Waals surface area contributed by atoms with Gasteiger partial charge in [0.15, 0.2) is 0 Å². The van der Waals surface area contributed by atoms with Crippen LogP contribution in [0.15, 0.2) is 48.5 Å². The second-order valence-corrected chi connectivity index (χ2v) is 5.33. The van der Waals surface area contributed by atoms with E-state index >= 15 is 0 Å². The van der Waals surface area contributed by atoms with E-state index in [1.807, 2.05) is 30.3 Å². The van der Waals surface area contributed by atoms with Crippen LogP contribution in [0.4, 0.5) is 0 Å². The summed E-state index contributed by atoms with van der Waals surface area (Å²) in [6.07, 6.45) is 0.587. The summed E-state index contributed by atoms with van der Waals surface area (Å²) >= 11 is 0. The lowest BCUT2D eigenvalue weighted by molar-refractivity contribution is 0.0949. The molecular weight excluding hydrogens is 278 g/mol. The van der Waals surface area contributed by atoms with Gasteiger partial charge >= 0.3 is 0 Å². The number of aromatic hydroxyl groups is 1. The average molecular weight is 299 g/mol. The summed E-state index contributed by atoms with van der Waals surface area (Å²) in [6.45, 7) is 2.29. The van der Waals surface area contributed by atoms with Crippen LogP contribution in [0.5, 0.6) is 5.75 Å². The molecule has 4 heteroatoms. The van der Waals surface area contributed by atoms with Gasteiger partial charge in [0.2, 0.25) is 0 Å². The molecule has 0 aromatic heterocycles. The highest BCUT2D eigenvalue weighted by Gasteiger charge is 2.14. The first-order chi connectivity index (χ1) is 10.6. The number of benzene rings is 2. The fraction of sp³-hybridized carbons (Fsp3) is 0.278. The van der Waals surface area contributed by atoms with E-state index in [1.165, 1.54) is 6.07 Å². The normalized spacial score (nSPS) is 11.9. The zero-order valence-electron chi connectivity index (χ0n) is 12.6. The molecule has 0 aliphatic heterocycles. The number of hydrogen-bond donors (Lipinski definition) is 3. The van der Waals surface area contributed by atoms with Crippen LogP contribution < -0.4 is 5.32 Å². The first kappa shape index (κ1) is 16.0. The van der Waals surface area contributed by atoms with E-state index in [4.69, 9.17) is 0 Å². The van der Waals surface area contributed by atoms with Crippen molar-refractivity contribution in [3.63, 3.8) is 0 Å². The SMILES string of the molecule is Cc1ccc(C(=O)NC[C@H](CCO)c2ccccc2)cc1O. The minimum atomic E-state index is -0.228. The van der Waals surface area contributed by atoms with Crippen LogP contribution in [0.2, 0.25) is 0 Å². The number of hydrogen-bond acceptors (Lipinski definition) is 3. The summed E-state index contributed by atoms with van der Waals surface area (Å²) in [5.74, 6) is -0.0500. The molecule has 0 aliphatic rings. The van der Waals surface area contributed by atoms with E-state index in [0.717, 1.165) is 11.1 Å². The van der Waals surface area contributed by atoms with Gasteiger partial charge in [-0.2, -0.15) is 0 Å². The molecule has 2 aromatic rings. The van der Waals surface area contributed by atoms with Gasteiger partial charge in [0, 0.05) is 24.6 Å². The standard InChI is InChI=1S/C18H21NO3/c1-13-7-8-15(11-17(13)21)18(22)19-12-16(9-10-20)14-5-3-2-4-6-14/h2-8,11,16,20-21H,9-10,12H2,1H3,(H,19,22)/t16-/m0/s1. The molecule has 2 rings (SSSR count). The van der Waals surface area contributed by atoms with Crippen LogP contribution in [0.3, 0.4) is 0 Å².